The molecule has 2 rings (SSSR count). The largest absolute Gasteiger partial charge is 0.344 e. The number of nitrogens with one attached hydrogen (secondary N) is 2. The number of hydrazine groups is 1. The Morgan fingerprint density at radius 3 is 2.81 bits per heavy atom. The highest BCUT2D eigenvalue weighted by Crippen LogP contribution is 2.25. The normalized spacial score (nSPS) is 12.0. The molecule has 1 aromatic heterocycles. The second kappa shape index (κ2) is 7.24. The van der Waals surface area contributed by atoms with Crippen LogP contribution >= 0.6 is 11.3 Å². The monoisotopic (exact) mass is 303 g/mol. The average Bonchev–Trinajstić information content (AvgIpc) is 3.00. The minimum atomic E-state index is -0.0986. The summed E-state index contributed by atoms with van der Waals surface area (Å²) in [7, 11) is 0. The molecule has 1 unspecified atom stereocenters. The molecule has 5 heteroatoms. The number of hydrogen-bond donors (Lipinski definition) is 3. The number of thiophene rings is 1. The lowest BCUT2D eigenvalue weighted by Crippen LogP contribution is -2.29. The third kappa shape index (κ3) is 3.83. The van der Waals surface area contributed by atoms with Gasteiger partial charge in [-0.05, 0) is 36.9 Å². The first-order valence-electron chi connectivity index (χ1n) is 7.07. The molecule has 21 heavy (non-hydrogen) atoms. The molecule has 0 aliphatic heterocycles. The van der Waals surface area contributed by atoms with Gasteiger partial charge in [-0.15, -0.1) is 11.3 Å². The lowest BCUT2D eigenvalue weighted by molar-refractivity contribution is 0.0936. The zero-order chi connectivity index (χ0) is 15.2. The maximum Gasteiger partial charge on any atom is 0.253 e. The second-order valence-corrected chi connectivity index (χ2v) is 6.00. The fourth-order valence-corrected chi connectivity index (χ4v) is 3.08. The van der Waals surface area contributed by atoms with Crippen molar-refractivity contribution < 1.29 is 4.79 Å². The molecule has 1 aromatic carbocycles. The zero-order valence-electron chi connectivity index (χ0n) is 12.3. The quantitative estimate of drug-likeness (QED) is 0.564. The van der Waals surface area contributed by atoms with Crippen LogP contribution in [0.3, 0.4) is 0 Å². The summed E-state index contributed by atoms with van der Waals surface area (Å²) in [4.78, 5) is 13.7. The van der Waals surface area contributed by atoms with Crippen LogP contribution in [0.15, 0.2) is 35.7 Å². The number of hydrogen-bond acceptors (Lipinski definition) is 4. The third-order valence-electron chi connectivity index (χ3n) is 3.34. The minimum absolute atomic E-state index is 0.0497. The van der Waals surface area contributed by atoms with Gasteiger partial charge in [0.25, 0.3) is 5.91 Å². The first kappa shape index (κ1) is 15.5. The molecular formula is C16H21N3OS. The number of amides is 1. The van der Waals surface area contributed by atoms with Gasteiger partial charge in [-0.2, -0.15) is 0 Å². The van der Waals surface area contributed by atoms with Crippen LogP contribution in [0, 0.1) is 6.92 Å². The van der Waals surface area contributed by atoms with E-state index in [0.29, 0.717) is 11.3 Å². The summed E-state index contributed by atoms with van der Waals surface area (Å²) in [5.41, 5.74) is 4.83. The number of nitrogen functional groups attached to an aromatic ring is 1. The smallest absolute Gasteiger partial charge is 0.253 e. The van der Waals surface area contributed by atoms with Crippen LogP contribution in [0.1, 0.15) is 46.6 Å². The topological polar surface area (TPSA) is 67.2 Å². The Kier molecular flexibility index (Phi) is 5.36. The molecule has 1 amide bonds. The van der Waals surface area contributed by atoms with Gasteiger partial charge in [0.05, 0.1) is 17.3 Å². The highest BCUT2D eigenvalue weighted by Gasteiger charge is 2.18. The molecule has 0 bridgehead atoms. The van der Waals surface area contributed by atoms with Gasteiger partial charge in [-0.25, -0.2) is 0 Å². The Balaban J connectivity index is 2.21. The first-order chi connectivity index (χ1) is 10.2. The van der Waals surface area contributed by atoms with Crippen molar-refractivity contribution in [2.24, 2.45) is 5.84 Å². The zero-order valence-corrected chi connectivity index (χ0v) is 13.2. The van der Waals surface area contributed by atoms with E-state index in [1.54, 1.807) is 11.3 Å². The molecule has 0 fully saturated rings. The lowest BCUT2D eigenvalue weighted by atomic mass is 10.1. The SMILES string of the molecule is CCCC(NC(=O)c1cc(C)ccc1NN)c1cccs1. The fourth-order valence-electron chi connectivity index (χ4n) is 2.27. The van der Waals surface area contributed by atoms with Gasteiger partial charge < -0.3 is 10.7 Å². The van der Waals surface area contributed by atoms with Gasteiger partial charge >= 0.3 is 0 Å². The molecule has 1 atom stereocenters. The van der Waals surface area contributed by atoms with Gasteiger partial charge in [0.1, 0.15) is 0 Å². The molecule has 112 valence electrons. The second-order valence-electron chi connectivity index (χ2n) is 5.02. The first-order valence-corrected chi connectivity index (χ1v) is 7.95. The van der Waals surface area contributed by atoms with Crippen LogP contribution in [0.2, 0.25) is 0 Å². The number of rotatable bonds is 6. The predicted octanol–water partition coefficient (Wildman–Crippen LogP) is 3.61. The third-order valence-corrected chi connectivity index (χ3v) is 4.33. The summed E-state index contributed by atoms with van der Waals surface area (Å²) in [5.74, 6) is 5.40. The summed E-state index contributed by atoms with van der Waals surface area (Å²) in [6.45, 7) is 4.08. The van der Waals surface area contributed by atoms with Crippen molar-refractivity contribution in [3.63, 3.8) is 0 Å². The molecule has 0 saturated carbocycles. The van der Waals surface area contributed by atoms with Crippen molar-refractivity contribution in [3.8, 4) is 0 Å². The van der Waals surface area contributed by atoms with E-state index in [4.69, 9.17) is 5.84 Å². The van der Waals surface area contributed by atoms with Crippen LogP contribution in [-0.2, 0) is 0 Å². The standard InChI is InChI=1S/C16H21N3OS/c1-3-5-14(15-6-4-9-21-15)18-16(20)12-10-11(2)7-8-13(12)19-17/h4,6-10,14,19H,3,5,17H2,1-2H3,(H,18,20). The van der Waals surface area contributed by atoms with Crippen molar-refractivity contribution in [2.45, 2.75) is 32.7 Å². The van der Waals surface area contributed by atoms with Crippen LogP contribution in [0.5, 0.6) is 0 Å². The highest BCUT2D eigenvalue weighted by molar-refractivity contribution is 7.10. The van der Waals surface area contributed by atoms with Gasteiger partial charge in [0.2, 0.25) is 0 Å². The van der Waals surface area contributed by atoms with E-state index in [1.165, 1.54) is 4.88 Å². The van der Waals surface area contributed by atoms with E-state index in [-0.39, 0.29) is 11.9 Å². The van der Waals surface area contributed by atoms with Gasteiger partial charge in [-0.3, -0.25) is 10.6 Å². The Labute approximate surface area is 129 Å². The maximum atomic E-state index is 12.6. The highest BCUT2D eigenvalue weighted by atomic mass is 32.1. The van der Waals surface area contributed by atoms with E-state index in [2.05, 4.69) is 23.7 Å². The number of carbonyl (C=O) groups is 1. The summed E-state index contributed by atoms with van der Waals surface area (Å²) >= 11 is 1.67. The summed E-state index contributed by atoms with van der Waals surface area (Å²) in [5, 5.41) is 5.15. The average molecular weight is 303 g/mol. The Morgan fingerprint density at radius 2 is 2.19 bits per heavy atom. The number of carbonyl (C=O) groups excluding carboxylic acids is 1. The van der Waals surface area contributed by atoms with E-state index in [0.717, 1.165) is 18.4 Å². The van der Waals surface area contributed by atoms with E-state index in [1.807, 2.05) is 36.6 Å². The Morgan fingerprint density at radius 1 is 1.38 bits per heavy atom. The van der Waals surface area contributed by atoms with Crippen molar-refractivity contribution in [1.29, 1.82) is 0 Å². The summed E-state index contributed by atoms with van der Waals surface area (Å²) in [6.07, 6.45) is 1.93. The molecule has 0 aliphatic rings. The number of anilines is 1. The van der Waals surface area contributed by atoms with E-state index < -0.39 is 0 Å². The molecule has 2 aromatic rings. The maximum absolute atomic E-state index is 12.6. The number of nitrogens with two attached hydrogens (primary N) is 1. The van der Waals surface area contributed by atoms with Gasteiger partial charge in [0.15, 0.2) is 0 Å². The van der Waals surface area contributed by atoms with Gasteiger partial charge in [0, 0.05) is 4.88 Å². The molecule has 4 N–H and O–H groups in total. The Bertz CT molecular complexity index is 596. The summed E-state index contributed by atoms with van der Waals surface area (Å²) in [6, 6.07) is 9.72. The van der Waals surface area contributed by atoms with Crippen molar-refractivity contribution >= 4 is 22.9 Å². The molecular weight excluding hydrogens is 282 g/mol. The number of benzene rings is 1. The van der Waals surface area contributed by atoms with Crippen LogP contribution < -0.4 is 16.6 Å². The molecule has 0 saturated heterocycles. The van der Waals surface area contributed by atoms with Gasteiger partial charge in [-0.1, -0.05) is 31.0 Å². The van der Waals surface area contributed by atoms with Crippen molar-refractivity contribution in [2.75, 3.05) is 5.43 Å². The van der Waals surface area contributed by atoms with Crippen LogP contribution in [-0.4, -0.2) is 5.91 Å². The predicted molar refractivity (Wildman–Crippen MR) is 88.4 cm³/mol. The van der Waals surface area contributed by atoms with Crippen molar-refractivity contribution in [1.82, 2.24) is 5.32 Å². The molecule has 0 radical (unpaired) electrons. The summed E-state index contributed by atoms with van der Waals surface area (Å²) < 4.78 is 0. The van der Waals surface area contributed by atoms with E-state index >= 15 is 0 Å². The minimum Gasteiger partial charge on any atom is -0.344 e. The van der Waals surface area contributed by atoms with Crippen molar-refractivity contribution in [3.05, 3.63) is 51.7 Å². The molecule has 0 spiro atoms. The van der Waals surface area contributed by atoms with E-state index in [9.17, 15) is 4.79 Å². The lowest BCUT2D eigenvalue weighted by Gasteiger charge is -2.18. The molecule has 0 aliphatic carbocycles. The fraction of sp³-hybridized carbons (Fsp3) is 0.312. The molecule has 1 heterocycles. The number of aryl methyl sites for hydroxylation is 1. The van der Waals surface area contributed by atoms with Crippen LogP contribution in [0.4, 0.5) is 5.69 Å². The molecule has 4 nitrogen and oxygen atoms in total. The van der Waals surface area contributed by atoms with Crippen LogP contribution in [0.25, 0.3) is 0 Å². The Hall–Kier alpha value is -1.85.